The molecule has 0 aliphatic rings. The van der Waals surface area contributed by atoms with Crippen LogP contribution in [0, 0.1) is 0 Å². The van der Waals surface area contributed by atoms with E-state index in [1.807, 2.05) is 13.8 Å². The zero-order chi connectivity index (χ0) is 19.6. The van der Waals surface area contributed by atoms with Crippen LogP contribution in [-0.2, 0) is 0 Å². The molecule has 2 aromatic carbocycles. The Hall–Kier alpha value is -2.82. The standard InChI is InChI=1S/C22H28N2O3/c1-4-5-8-15-27-18-13-11-17(12-14-18)21(25)24-20-10-7-6-9-19(20)22(26)23-16(2)3/h6-7,9-14,16H,4-5,8,15H2,1-3H3,(H,23,26)(H,24,25). The fraction of sp³-hybridized carbons (Fsp3) is 0.364. The average molecular weight is 368 g/mol. The Kier molecular flexibility index (Phi) is 7.86. The molecule has 0 saturated carbocycles. The molecule has 27 heavy (non-hydrogen) atoms. The third-order valence-corrected chi connectivity index (χ3v) is 3.97. The van der Waals surface area contributed by atoms with Gasteiger partial charge in [0.25, 0.3) is 11.8 Å². The zero-order valence-electron chi connectivity index (χ0n) is 16.2. The number of hydrogen-bond acceptors (Lipinski definition) is 3. The number of benzene rings is 2. The number of rotatable bonds is 9. The second-order valence-electron chi connectivity index (χ2n) is 6.71. The van der Waals surface area contributed by atoms with Crippen LogP contribution in [0.3, 0.4) is 0 Å². The minimum absolute atomic E-state index is 0.0196. The third-order valence-electron chi connectivity index (χ3n) is 3.97. The SMILES string of the molecule is CCCCCOc1ccc(C(=O)Nc2ccccc2C(=O)NC(C)C)cc1. The van der Waals surface area contributed by atoms with Crippen LogP contribution in [0.4, 0.5) is 5.69 Å². The van der Waals surface area contributed by atoms with Crippen molar-refractivity contribution >= 4 is 17.5 Å². The van der Waals surface area contributed by atoms with Crippen LogP contribution < -0.4 is 15.4 Å². The largest absolute Gasteiger partial charge is 0.494 e. The van der Waals surface area contributed by atoms with Crippen molar-refractivity contribution in [3.63, 3.8) is 0 Å². The highest BCUT2D eigenvalue weighted by Gasteiger charge is 2.14. The predicted molar refractivity (Wildman–Crippen MR) is 108 cm³/mol. The minimum atomic E-state index is -0.266. The second kappa shape index (κ2) is 10.4. The van der Waals surface area contributed by atoms with Crippen LogP contribution in [0.25, 0.3) is 0 Å². The van der Waals surface area contributed by atoms with E-state index in [2.05, 4.69) is 17.6 Å². The summed E-state index contributed by atoms with van der Waals surface area (Å²) in [5.41, 5.74) is 1.44. The zero-order valence-corrected chi connectivity index (χ0v) is 16.2. The first-order valence-corrected chi connectivity index (χ1v) is 9.45. The van der Waals surface area contributed by atoms with E-state index in [1.54, 1.807) is 48.5 Å². The topological polar surface area (TPSA) is 67.4 Å². The van der Waals surface area contributed by atoms with Gasteiger partial charge in [-0.1, -0.05) is 31.9 Å². The highest BCUT2D eigenvalue weighted by Crippen LogP contribution is 2.18. The summed E-state index contributed by atoms with van der Waals surface area (Å²) in [6.45, 7) is 6.62. The van der Waals surface area contributed by atoms with Gasteiger partial charge in [0.05, 0.1) is 17.9 Å². The molecule has 0 heterocycles. The van der Waals surface area contributed by atoms with E-state index in [-0.39, 0.29) is 17.9 Å². The third kappa shape index (κ3) is 6.44. The number of carbonyl (C=O) groups is 2. The lowest BCUT2D eigenvalue weighted by Gasteiger charge is -2.13. The van der Waals surface area contributed by atoms with Gasteiger partial charge in [-0.25, -0.2) is 0 Å². The molecule has 0 fully saturated rings. The Morgan fingerprint density at radius 1 is 0.963 bits per heavy atom. The van der Waals surface area contributed by atoms with Gasteiger partial charge < -0.3 is 15.4 Å². The molecule has 0 aliphatic carbocycles. The van der Waals surface area contributed by atoms with Crippen LogP contribution in [0.5, 0.6) is 5.75 Å². The molecular formula is C22H28N2O3. The summed E-state index contributed by atoms with van der Waals surface area (Å²) in [5.74, 6) is 0.272. The van der Waals surface area contributed by atoms with Crippen molar-refractivity contribution in [2.24, 2.45) is 0 Å². The first-order chi connectivity index (χ1) is 13.0. The van der Waals surface area contributed by atoms with Crippen molar-refractivity contribution < 1.29 is 14.3 Å². The molecule has 2 amide bonds. The second-order valence-corrected chi connectivity index (χ2v) is 6.71. The lowest BCUT2D eigenvalue weighted by molar-refractivity contribution is 0.0944. The number of amides is 2. The molecule has 5 nitrogen and oxygen atoms in total. The van der Waals surface area contributed by atoms with E-state index in [0.717, 1.165) is 25.0 Å². The number of anilines is 1. The Morgan fingerprint density at radius 3 is 2.33 bits per heavy atom. The Morgan fingerprint density at radius 2 is 1.67 bits per heavy atom. The van der Waals surface area contributed by atoms with Crippen molar-refractivity contribution in [3.05, 3.63) is 59.7 Å². The van der Waals surface area contributed by atoms with Crippen LogP contribution in [0.2, 0.25) is 0 Å². The summed E-state index contributed by atoms with van der Waals surface area (Å²) < 4.78 is 5.66. The highest BCUT2D eigenvalue weighted by molar-refractivity contribution is 6.09. The smallest absolute Gasteiger partial charge is 0.255 e. The number of hydrogen-bond donors (Lipinski definition) is 2. The first kappa shape index (κ1) is 20.5. The van der Waals surface area contributed by atoms with Crippen LogP contribution in [-0.4, -0.2) is 24.5 Å². The van der Waals surface area contributed by atoms with Gasteiger partial charge in [0.1, 0.15) is 5.75 Å². The molecule has 0 unspecified atom stereocenters. The maximum atomic E-state index is 12.5. The van der Waals surface area contributed by atoms with Crippen LogP contribution in [0.15, 0.2) is 48.5 Å². The van der Waals surface area contributed by atoms with E-state index >= 15 is 0 Å². The molecule has 2 rings (SSSR count). The quantitative estimate of drug-likeness (QED) is 0.633. The number of para-hydroxylation sites is 1. The molecule has 0 radical (unpaired) electrons. The monoisotopic (exact) mass is 368 g/mol. The summed E-state index contributed by atoms with van der Waals surface area (Å²) in [5, 5.41) is 5.66. The fourth-order valence-corrected chi connectivity index (χ4v) is 2.57. The van der Waals surface area contributed by atoms with Crippen LogP contribution >= 0.6 is 0 Å². The average Bonchev–Trinajstić information content (AvgIpc) is 2.65. The molecule has 0 atom stereocenters. The fourth-order valence-electron chi connectivity index (χ4n) is 2.57. The van der Waals surface area contributed by atoms with Crippen molar-refractivity contribution in [1.82, 2.24) is 5.32 Å². The van der Waals surface area contributed by atoms with Crippen molar-refractivity contribution in [2.75, 3.05) is 11.9 Å². The van der Waals surface area contributed by atoms with E-state index in [9.17, 15) is 9.59 Å². The number of nitrogens with one attached hydrogen (secondary N) is 2. The van der Waals surface area contributed by atoms with Gasteiger partial charge >= 0.3 is 0 Å². The van der Waals surface area contributed by atoms with Crippen molar-refractivity contribution in [1.29, 1.82) is 0 Å². The lowest BCUT2D eigenvalue weighted by Crippen LogP contribution is -2.31. The van der Waals surface area contributed by atoms with Gasteiger partial charge in [0, 0.05) is 11.6 Å². The number of ether oxygens (including phenoxy) is 1. The molecule has 144 valence electrons. The van der Waals surface area contributed by atoms with E-state index in [4.69, 9.17) is 4.74 Å². The van der Waals surface area contributed by atoms with E-state index in [1.165, 1.54) is 0 Å². The molecule has 5 heteroatoms. The van der Waals surface area contributed by atoms with Gasteiger partial charge in [0.15, 0.2) is 0 Å². The van der Waals surface area contributed by atoms with Gasteiger partial charge in [-0.05, 0) is 56.7 Å². The molecule has 0 aliphatic heterocycles. The Balaban J connectivity index is 2.02. The van der Waals surface area contributed by atoms with Crippen molar-refractivity contribution in [3.8, 4) is 5.75 Å². The summed E-state index contributed by atoms with van der Waals surface area (Å²) in [6, 6.07) is 14.0. The van der Waals surface area contributed by atoms with E-state index < -0.39 is 0 Å². The molecule has 0 spiro atoms. The molecule has 2 N–H and O–H groups in total. The Bertz CT molecular complexity index is 754. The molecular weight excluding hydrogens is 340 g/mol. The summed E-state index contributed by atoms with van der Waals surface area (Å²) in [7, 11) is 0. The minimum Gasteiger partial charge on any atom is -0.494 e. The molecule has 0 aromatic heterocycles. The summed E-state index contributed by atoms with van der Waals surface area (Å²) in [6.07, 6.45) is 3.32. The first-order valence-electron chi connectivity index (χ1n) is 9.45. The van der Waals surface area contributed by atoms with Crippen LogP contribution in [0.1, 0.15) is 60.7 Å². The molecule has 2 aromatic rings. The van der Waals surface area contributed by atoms with Gasteiger partial charge in [-0.3, -0.25) is 9.59 Å². The maximum absolute atomic E-state index is 12.5. The maximum Gasteiger partial charge on any atom is 0.255 e. The van der Waals surface area contributed by atoms with Gasteiger partial charge in [-0.15, -0.1) is 0 Å². The highest BCUT2D eigenvalue weighted by atomic mass is 16.5. The number of unbranched alkanes of at least 4 members (excludes halogenated alkanes) is 2. The summed E-state index contributed by atoms with van der Waals surface area (Å²) in [4.78, 5) is 24.8. The van der Waals surface area contributed by atoms with Crippen molar-refractivity contribution in [2.45, 2.75) is 46.1 Å². The Labute approximate surface area is 161 Å². The van der Waals surface area contributed by atoms with Gasteiger partial charge in [0.2, 0.25) is 0 Å². The summed E-state index contributed by atoms with van der Waals surface area (Å²) >= 11 is 0. The van der Waals surface area contributed by atoms with Gasteiger partial charge in [-0.2, -0.15) is 0 Å². The lowest BCUT2D eigenvalue weighted by atomic mass is 10.1. The van der Waals surface area contributed by atoms with E-state index in [0.29, 0.717) is 23.4 Å². The predicted octanol–water partition coefficient (Wildman–Crippen LogP) is 4.65. The normalized spacial score (nSPS) is 10.5. The molecule has 0 saturated heterocycles. The number of carbonyl (C=O) groups excluding carboxylic acids is 2. The molecule has 0 bridgehead atoms.